The van der Waals surface area contributed by atoms with Crippen LogP contribution in [0.2, 0.25) is 0 Å². The van der Waals surface area contributed by atoms with Crippen molar-refractivity contribution >= 4 is 17.8 Å². The molecular formula is C17H22N2O7. The average Bonchev–Trinajstić information content (AvgIpc) is 2.65. The Hall–Kier alpha value is -2.81. The minimum atomic E-state index is -1.01. The van der Waals surface area contributed by atoms with Gasteiger partial charge in [0.05, 0.1) is 46.4 Å². The summed E-state index contributed by atoms with van der Waals surface area (Å²) in [4.78, 5) is 37.0. The monoisotopic (exact) mass is 366 g/mol. The van der Waals surface area contributed by atoms with Crippen molar-refractivity contribution in [3.63, 3.8) is 0 Å². The van der Waals surface area contributed by atoms with E-state index in [1.165, 1.54) is 25.2 Å². The lowest BCUT2D eigenvalue weighted by Crippen LogP contribution is -2.52. The molecule has 0 saturated carbocycles. The van der Waals surface area contributed by atoms with Gasteiger partial charge in [0.1, 0.15) is 0 Å². The highest BCUT2D eigenvalue weighted by Gasteiger charge is 2.29. The van der Waals surface area contributed by atoms with Crippen LogP contribution in [0.5, 0.6) is 11.5 Å². The van der Waals surface area contributed by atoms with E-state index in [0.29, 0.717) is 30.2 Å². The van der Waals surface area contributed by atoms with Crippen molar-refractivity contribution < 1.29 is 33.7 Å². The molecule has 2 rings (SSSR count). The van der Waals surface area contributed by atoms with Crippen LogP contribution in [0.25, 0.3) is 0 Å². The highest BCUT2D eigenvalue weighted by molar-refractivity contribution is 5.97. The second-order valence-electron chi connectivity index (χ2n) is 5.67. The van der Waals surface area contributed by atoms with Gasteiger partial charge in [-0.25, -0.2) is 0 Å². The lowest BCUT2D eigenvalue weighted by atomic mass is 10.1. The van der Waals surface area contributed by atoms with E-state index in [-0.39, 0.29) is 25.5 Å². The van der Waals surface area contributed by atoms with Gasteiger partial charge < -0.3 is 29.5 Å². The topological polar surface area (TPSA) is 114 Å². The first-order valence-electron chi connectivity index (χ1n) is 8.05. The van der Waals surface area contributed by atoms with E-state index < -0.39 is 17.9 Å². The fourth-order valence-electron chi connectivity index (χ4n) is 2.69. The second kappa shape index (κ2) is 9.04. The Morgan fingerprint density at radius 1 is 1.27 bits per heavy atom. The Labute approximate surface area is 150 Å². The first kappa shape index (κ1) is 19.5. The highest BCUT2D eigenvalue weighted by atomic mass is 16.5. The number of morpholine rings is 1. The van der Waals surface area contributed by atoms with E-state index >= 15 is 0 Å². The van der Waals surface area contributed by atoms with Gasteiger partial charge in [0.25, 0.3) is 5.91 Å². The molecule has 26 heavy (non-hydrogen) atoms. The number of carboxylic acid groups (broad SMARTS) is 1. The van der Waals surface area contributed by atoms with E-state index in [0.717, 1.165) is 0 Å². The summed E-state index contributed by atoms with van der Waals surface area (Å²) in [6.45, 7) is 0.569. The van der Waals surface area contributed by atoms with E-state index in [9.17, 15) is 14.4 Å². The summed E-state index contributed by atoms with van der Waals surface area (Å²) < 4.78 is 15.5. The molecule has 0 radical (unpaired) electrons. The van der Waals surface area contributed by atoms with Crippen molar-refractivity contribution in [1.82, 2.24) is 10.2 Å². The Balaban J connectivity index is 1.97. The molecule has 1 heterocycles. The van der Waals surface area contributed by atoms with Gasteiger partial charge in [-0.15, -0.1) is 0 Å². The summed E-state index contributed by atoms with van der Waals surface area (Å²) in [5.74, 6) is -0.908. The molecular weight excluding hydrogens is 344 g/mol. The lowest BCUT2D eigenvalue weighted by Gasteiger charge is -2.34. The van der Waals surface area contributed by atoms with Gasteiger partial charge in [0, 0.05) is 12.1 Å². The van der Waals surface area contributed by atoms with Gasteiger partial charge in [-0.2, -0.15) is 0 Å². The average molecular weight is 366 g/mol. The Morgan fingerprint density at radius 2 is 2.00 bits per heavy atom. The molecule has 1 fully saturated rings. The number of nitrogens with zero attached hydrogens (tertiary/aromatic N) is 1. The molecule has 0 aliphatic carbocycles. The van der Waals surface area contributed by atoms with Crippen LogP contribution in [0.1, 0.15) is 16.8 Å². The molecule has 9 nitrogen and oxygen atoms in total. The second-order valence-corrected chi connectivity index (χ2v) is 5.67. The van der Waals surface area contributed by atoms with Crippen LogP contribution in [0, 0.1) is 0 Å². The van der Waals surface area contributed by atoms with Crippen LogP contribution in [-0.2, 0) is 14.3 Å². The number of carbonyl (C=O) groups is 3. The molecule has 142 valence electrons. The van der Waals surface area contributed by atoms with Gasteiger partial charge >= 0.3 is 5.97 Å². The Morgan fingerprint density at radius 3 is 2.65 bits per heavy atom. The zero-order valence-corrected chi connectivity index (χ0v) is 14.7. The van der Waals surface area contributed by atoms with Crippen molar-refractivity contribution in [1.29, 1.82) is 0 Å². The van der Waals surface area contributed by atoms with Crippen molar-refractivity contribution in [3.8, 4) is 11.5 Å². The number of amides is 2. The maximum Gasteiger partial charge on any atom is 0.305 e. The number of hydrogen-bond acceptors (Lipinski definition) is 6. The Bertz CT molecular complexity index is 677. The fourth-order valence-corrected chi connectivity index (χ4v) is 2.69. The predicted octanol–water partition coefficient (Wildman–Crippen LogP) is 0.136. The number of ether oxygens (including phenoxy) is 3. The molecule has 1 unspecified atom stereocenters. The molecule has 0 aromatic heterocycles. The molecule has 1 saturated heterocycles. The third-order valence-corrected chi connectivity index (χ3v) is 4.00. The van der Waals surface area contributed by atoms with Crippen LogP contribution >= 0.6 is 0 Å². The predicted molar refractivity (Wildman–Crippen MR) is 90.5 cm³/mol. The third-order valence-electron chi connectivity index (χ3n) is 4.00. The van der Waals surface area contributed by atoms with Crippen LogP contribution in [0.4, 0.5) is 0 Å². The first-order chi connectivity index (χ1) is 12.5. The van der Waals surface area contributed by atoms with E-state index in [2.05, 4.69) is 5.32 Å². The van der Waals surface area contributed by atoms with E-state index in [1.807, 2.05) is 0 Å². The molecule has 1 aromatic carbocycles. The normalized spacial score (nSPS) is 16.7. The molecule has 2 N–H and O–H groups in total. The van der Waals surface area contributed by atoms with Gasteiger partial charge in [0.15, 0.2) is 11.5 Å². The minimum absolute atomic E-state index is 0.168. The van der Waals surface area contributed by atoms with Crippen molar-refractivity contribution in [2.75, 3.05) is 40.5 Å². The molecule has 0 bridgehead atoms. The van der Waals surface area contributed by atoms with Gasteiger partial charge in [0.2, 0.25) is 5.91 Å². The summed E-state index contributed by atoms with van der Waals surface area (Å²) >= 11 is 0. The molecule has 1 aromatic rings. The molecule has 1 atom stereocenters. The number of benzene rings is 1. The number of aliphatic carboxylic acids is 1. The van der Waals surface area contributed by atoms with Crippen molar-refractivity contribution in [2.45, 2.75) is 12.5 Å². The van der Waals surface area contributed by atoms with Crippen LogP contribution in [0.15, 0.2) is 18.2 Å². The summed E-state index contributed by atoms with van der Waals surface area (Å²) in [7, 11) is 2.95. The van der Waals surface area contributed by atoms with E-state index in [4.69, 9.17) is 19.3 Å². The summed E-state index contributed by atoms with van der Waals surface area (Å²) in [6.07, 6.45) is -0.199. The molecule has 0 spiro atoms. The number of rotatable bonds is 7. The standard InChI is InChI=1S/C17H22N2O7/c1-24-13-4-3-11(7-14(13)25-2)17(23)18-9-15(20)19-5-6-26-10-12(19)8-16(21)22/h3-4,7,12H,5-6,8-10H2,1-2H3,(H,18,23)(H,21,22). The Kier molecular flexibility index (Phi) is 6.79. The fraction of sp³-hybridized carbons (Fsp3) is 0.471. The smallest absolute Gasteiger partial charge is 0.305 e. The zero-order valence-electron chi connectivity index (χ0n) is 14.7. The van der Waals surface area contributed by atoms with Gasteiger partial charge in [-0.1, -0.05) is 0 Å². The number of methoxy groups -OCH3 is 2. The number of hydrogen-bond donors (Lipinski definition) is 2. The first-order valence-corrected chi connectivity index (χ1v) is 8.05. The number of nitrogens with one attached hydrogen (secondary N) is 1. The maximum absolute atomic E-state index is 12.4. The maximum atomic E-state index is 12.4. The number of carboxylic acids is 1. The molecule has 1 aliphatic heterocycles. The molecule has 1 aliphatic rings. The highest BCUT2D eigenvalue weighted by Crippen LogP contribution is 2.27. The van der Waals surface area contributed by atoms with E-state index in [1.54, 1.807) is 12.1 Å². The van der Waals surface area contributed by atoms with Crippen molar-refractivity contribution in [3.05, 3.63) is 23.8 Å². The SMILES string of the molecule is COc1ccc(C(=O)NCC(=O)N2CCOCC2CC(=O)O)cc1OC. The minimum Gasteiger partial charge on any atom is -0.493 e. The molecule has 2 amide bonds. The number of carbonyl (C=O) groups excluding carboxylic acids is 2. The van der Waals surface area contributed by atoms with Crippen LogP contribution in [0.3, 0.4) is 0 Å². The largest absolute Gasteiger partial charge is 0.493 e. The third kappa shape index (κ3) is 4.85. The molecule has 9 heteroatoms. The van der Waals surface area contributed by atoms with Crippen LogP contribution in [-0.4, -0.2) is 74.4 Å². The lowest BCUT2D eigenvalue weighted by molar-refractivity contribution is -0.145. The van der Waals surface area contributed by atoms with Crippen LogP contribution < -0.4 is 14.8 Å². The summed E-state index contributed by atoms with van der Waals surface area (Å²) in [6, 6.07) is 4.14. The van der Waals surface area contributed by atoms with Crippen molar-refractivity contribution in [2.24, 2.45) is 0 Å². The zero-order chi connectivity index (χ0) is 19.1. The van der Waals surface area contributed by atoms with Gasteiger partial charge in [-0.3, -0.25) is 14.4 Å². The van der Waals surface area contributed by atoms with Gasteiger partial charge in [-0.05, 0) is 18.2 Å². The summed E-state index contributed by atoms with van der Waals surface area (Å²) in [5.41, 5.74) is 0.319. The summed E-state index contributed by atoms with van der Waals surface area (Å²) in [5, 5.41) is 11.5. The quantitative estimate of drug-likeness (QED) is 0.705.